The van der Waals surface area contributed by atoms with Gasteiger partial charge in [-0.15, -0.1) is 5.10 Å². The third-order valence-electron chi connectivity index (χ3n) is 3.73. The van der Waals surface area contributed by atoms with E-state index in [1.807, 2.05) is 6.07 Å². The predicted molar refractivity (Wildman–Crippen MR) is 89.8 cm³/mol. The number of nitrogens with one attached hydrogen (secondary N) is 1. The highest BCUT2D eigenvalue weighted by Crippen LogP contribution is 2.16. The standard InChI is InChI=1S/C17H12FN5O2/c18-11-6-7-13-14(8-11)19-10-22-16(13)21-23(17(22)25)9-15(24)20-12-4-2-1-3-5-12/h1-8,10H,9H2,(H,20,24). The van der Waals surface area contributed by atoms with Gasteiger partial charge in [0.2, 0.25) is 5.91 Å². The van der Waals surface area contributed by atoms with Crippen molar-refractivity contribution in [3.63, 3.8) is 0 Å². The number of carbonyl (C=O) groups is 1. The fourth-order valence-corrected chi connectivity index (χ4v) is 2.59. The number of aromatic nitrogens is 4. The van der Waals surface area contributed by atoms with Crippen LogP contribution in [0.2, 0.25) is 0 Å². The van der Waals surface area contributed by atoms with Crippen LogP contribution in [0.15, 0.2) is 59.7 Å². The summed E-state index contributed by atoms with van der Waals surface area (Å²) < 4.78 is 15.6. The number of rotatable bonds is 3. The lowest BCUT2D eigenvalue weighted by Crippen LogP contribution is -2.28. The maximum Gasteiger partial charge on any atom is 0.352 e. The van der Waals surface area contributed by atoms with Gasteiger partial charge in [0, 0.05) is 17.1 Å². The normalized spacial score (nSPS) is 11.1. The van der Waals surface area contributed by atoms with Gasteiger partial charge in [0.15, 0.2) is 5.65 Å². The van der Waals surface area contributed by atoms with E-state index < -0.39 is 11.5 Å². The second kappa shape index (κ2) is 5.82. The van der Waals surface area contributed by atoms with Gasteiger partial charge in [0.25, 0.3) is 0 Å². The van der Waals surface area contributed by atoms with E-state index in [0.29, 0.717) is 22.2 Å². The molecule has 2 aromatic heterocycles. The summed E-state index contributed by atoms with van der Waals surface area (Å²) in [6.07, 6.45) is 1.28. The van der Waals surface area contributed by atoms with Crippen molar-refractivity contribution < 1.29 is 9.18 Å². The lowest BCUT2D eigenvalue weighted by Gasteiger charge is -2.03. The SMILES string of the molecule is O=C(Cn1nc2c3ccc(F)cc3ncn2c1=O)Nc1ccccc1. The number of carbonyl (C=O) groups excluding carboxylic acids is 1. The molecule has 8 heteroatoms. The molecule has 0 saturated heterocycles. The lowest BCUT2D eigenvalue weighted by atomic mass is 10.2. The van der Waals surface area contributed by atoms with Crippen LogP contribution in [0.4, 0.5) is 10.1 Å². The van der Waals surface area contributed by atoms with Gasteiger partial charge in [0.1, 0.15) is 18.7 Å². The molecule has 0 aliphatic rings. The molecule has 0 atom stereocenters. The Bertz CT molecular complexity index is 1150. The van der Waals surface area contributed by atoms with E-state index in [4.69, 9.17) is 0 Å². The highest BCUT2D eigenvalue weighted by molar-refractivity contribution is 5.92. The van der Waals surface area contributed by atoms with Crippen LogP contribution in [0.5, 0.6) is 0 Å². The Hall–Kier alpha value is -3.55. The number of nitrogens with zero attached hydrogens (tertiary/aromatic N) is 4. The molecule has 0 unspecified atom stereocenters. The molecule has 25 heavy (non-hydrogen) atoms. The van der Waals surface area contributed by atoms with Crippen LogP contribution >= 0.6 is 0 Å². The van der Waals surface area contributed by atoms with E-state index in [1.54, 1.807) is 24.3 Å². The molecule has 1 amide bonds. The van der Waals surface area contributed by atoms with Crippen molar-refractivity contribution in [3.8, 4) is 0 Å². The van der Waals surface area contributed by atoms with Crippen LogP contribution < -0.4 is 11.0 Å². The number of hydrogen-bond donors (Lipinski definition) is 1. The van der Waals surface area contributed by atoms with Gasteiger partial charge in [-0.1, -0.05) is 18.2 Å². The Kier molecular flexibility index (Phi) is 3.50. The third-order valence-corrected chi connectivity index (χ3v) is 3.73. The molecule has 1 N–H and O–H groups in total. The van der Waals surface area contributed by atoms with Gasteiger partial charge in [-0.05, 0) is 24.3 Å². The summed E-state index contributed by atoms with van der Waals surface area (Å²) in [5.74, 6) is -0.798. The summed E-state index contributed by atoms with van der Waals surface area (Å²) in [5, 5.41) is 7.42. The molecule has 0 radical (unpaired) electrons. The van der Waals surface area contributed by atoms with E-state index in [2.05, 4.69) is 15.4 Å². The molecule has 0 bridgehead atoms. The van der Waals surface area contributed by atoms with Crippen LogP contribution in [-0.2, 0) is 11.3 Å². The Balaban J connectivity index is 1.70. The Morgan fingerprint density at radius 3 is 2.76 bits per heavy atom. The minimum Gasteiger partial charge on any atom is -0.324 e. The van der Waals surface area contributed by atoms with Crippen LogP contribution in [0.3, 0.4) is 0 Å². The Labute approximate surface area is 140 Å². The summed E-state index contributed by atoms with van der Waals surface area (Å²) in [4.78, 5) is 28.6. The van der Waals surface area contributed by atoms with Crippen molar-refractivity contribution in [1.82, 2.24) is 19.2 Å². The number of para-hydroxylation sites is 1. The third kappa shape index (κ3) is 2.74. The maximum atomic E-state index is 13.3. The highest BCUT2D eigenvalue weighted by atomic mass is 19.1. The first-order valence-electron chi connectivity index (χ1n) is 7.50. The first-order chi connectivity index (χ1) is 12.1. The van der Waals surface area contributed by atoms with E-state index in [9.17, 15) is 14.0 Å². The molecule has 4 aromatic rings. The zero-order valence-electron chi connectivity index (χ0n) is 12.9. The van der Waals surface area contributed by atoms with Crippen molar-refractivity contribution in [2.24, 2.45) is 0 Å². The first kappa shape index (κ1) is 15.0. The maximum absolute atomic E-state index is 13.3. The molecule has 0 aliphatic heterocycles. The first-order valence-corrected chi connectivity index (χ1v) is 7.50. The van der Waals surface area contributed by atoms with Crippen LogP contribution in [0.25, 0.3) is 16.6 Å². The highest BCUT2D eigenvalue weighted by Gasteiger charge is 2.14. The summed E-state index contributed by atoms with van der Waals surface area (Å²) in [7, 11) is 0. The average molecular weight is 337 g/mol. The predicted octanol–water partition coefficient (Wildman–Crippen LogP) is 1.82. The molecule has 4 rings (SSSR count). The minimum absolute atomic E-state index is 0.238. The van der Waals surface area contributed by atoms with E-state index in [0.717, 1.165) is 4.68 Å². The average Bonchev–Trinajstić information content (AvgIpc) is 2.91. The number of halogens is 1. The largest absolute Gasteiger partial charge is 0.352 e. The number of anilines is 1. The number of benzene rings is 2. The monoisotopic (exact) mass is 337 g/mol. The van der Waals surface area contributed by atoms with Crippen molar-refractivity contribution in [2.45, 2.75) is 6.54 Å². The lowest BCUT2D eigenvalue weighted by molar-refractivity contribution is -0.117. The van der Waals surface area contributed by atoms with Crippen molar-refractivity contribution >= 4 is 28.1 Å². The van der Waals surface area contributed by atoms with Gasteiger partial charge in [0.05, 0.1) is 5.52 Å². The molecular formula is C17H12FN5O2. The number of hydrogen-bond acceptors (Lipinski definition) is 4. The molecule has 124 valence electrons. The van der Waals surface area contributed by atoms with Gasteiger partial charge in [-0.3, -0.25) is 4.79 Å². The summed E-state index contributed by atoms with van der Waals surface area (Å²) in [6, 6.07) is 13.0. The van der Waals surface area contributed by atoms with Crippen molar-refractivity contribution in [2.75, 3.05) is 5.32 Å². The molecule has 0 saturated carbocycles. The zero-order chi connectivity index (χ0) is 17.4. The van der Waals surface area contributed by atoms with Gasteiger partial charge >= 0.3 is 5.69 Å². The topological polar surface area (TPSA) is 81.3 Å². The van der Waals surface area contributed by atoms with E-state index in [-0.39, 0.29) is 12.5 Å². The van der Waals surface area contributed by atoms with E-state index in [1.165, 1.54) is 28.9 Å². The molecule has 7 nitrogen and oxygen atoms in total. The summed E-state index contributed by atoms with van der Waals surface area (Å²) in [6.45, 7) is -0.238. The quantitative estimate of drug-likeness (QED) is 0.618. The van der Waals surface area contributed by atoms with Crippen molar-refractivity contribution in [3.05, 3.63) is 71.2 Å². The fourth-order valence-electron chi connectivity index (χ4n) is 2.59. The second-order valence-electron chi connectivity index (χ2n) is 5.45. The van der Waals surface area contributed by atoms with Gasteiger partial charge < -0.3 is 5.32 Å². The molecule has 0 fully saturated rings. The van der Waals surface area contributed by atoms with Crippen LogP contribution in [-0.4, -0.2) is 25.1 Å². The molecule has 2 heterocycles. The second-order valence-corrected chi connectivity index (χ2v) is 5.45. The summed E-state index contributed by atoms with van der Waals surface area (Å²) >= 11 is 0. The van der Waals surface area contributed by atoms with Gasteiger partial charge in [-0.25, -0.2) is 23.3 Å². The van der Waals surface area contributed by atoms with E-state index >= 15 is 0 Å². The Morgan fingerprint density at radius 1 is 1.16 bits per heavy atom. The van der Waals surface area contributed by atoms with Crippen molar-refractivity contribution in [1.29, 1.82) is 0 Å². The fraction of sp³-hybridized carbons (Fsp3) is 0.0588. The Morgan fingerprint density at radius 2 is 1.96 bits per heavy atom. The van der Waals surface area contributed by atoms with Crippen LogP contribution in [0, 0.1) is 5.82 Å². The molecular weight excluding hydrogens is 325 g/mol. The minimum atomic E-state index is -0.489. The number of amides is 1. The molecule has 0 spiro atoms. The molecule has 2 aromatic carbocycles. The zero-order valence-corrected chi connectivity index (χ0v) is 12.9. The molecule has 0 aliphatic carbocycles. The summed E-state index contributed by atoms with van der Waals surface area (Å²) in [5.41, 5.74) is 0.852. The smallest absolute Gasteiger partial charge is 0.324 e. The van der Waals surface area contributed by atoms with Gasteiger partial charge in [-0.2, -0.15) is 0 Å². The van der Waals surface area contributed by atoms with Crippen LogP contribution in [0.1, 0.15) is 0 Å². The number of fused-ring (bicyclic) bond motifs is 3.